The number of unbranched alkanes of at least 4 members (excludes halogenated alkanes) is 3. The van der Waals surface area contributed by atoms with Crippen LogP contribution in [0.5, 0.6) is 5.75 Å². The Morgan fingerprint density at radius 1 is 1.20 bits per heavy atom. The van der Waals surface area contributed by atoms with Crippen LogP contribution in [0.25, 0.3) is 0 Å². The molecule has 2 rings (SSSR count). The topological polar surface area (TPSA) is 54.9 Å². The maximum absolute atomic E-state index is 13.8. The molecule has 0 unspecified atom stereocenters. The molecular formula is C19H30FN3O2. The summed E-state index contributed by atoms with van der Waals surface area (Å²) < 4.78 is 24.5. The molecule has 0 amide bonds. The van der Waals surface area contributed by atoms with Gasteiger partial charge in [-0.05, 0) is 37.5 Å². The van der Waals surface area contributed by atoms with E-state index in [1.54, 1.807) is 6.07 Å². The third-order valence-corrected chi connectivity index (χ3v) is 4.06. The van der Waals surface area contributed by atoms with Crippen molar-refractivity contribution in [2.75, 3.05) is 26.4 Å². The average Bonchev–Trinajstić information content (AvgIpc) is 2.61. The van der Waals surface area contributed by atoms with E-state index in [2.05, 4.69) is 22.5 Å². The lowest BCUT2D eigenvalue weighted by molar-refractivity contribution is -0.0172. The highest BCUT2D eigenvalue weighted by atomic mass is 19.1. The molecule has 1 heterocycles. The summed E-state index contributed by atoms with van der Waals surface area (Å²) in [6.45, 7) is 7.18. The van der Waals surface area contributed by atoms with Gasteiger partial charge in [0, 0.05) is 25.2 Å². The van der Waals surface area contributed by atoms with E-state index in [0.717, 1.165) is 42.3 Å². The van der Waals surface area contributed by atoms with Gasteiger partial charge in [-0.15, -0.1) is 0 Å². The molecule has 0 atom stereocenters. The first-order valence-corrected chi connectivity index (χ1v) is 9.28. The van der Waals surface area contributed by atoms with E-state index in [-0.39, 0.29) is 12.6 Å². The van der Waals surface area contributed by atoms with E-state index in [0.29, 0.717) is 19.6 Å². The third-order valence-electron chi connectivity index (χ3n) is 4.06. The summed E-state index contributed by atoms with van der Waals surface area (Å²) >= 11 is 0. The highest BCUT2D eigenvalue weighted by molar-refractivity contribution is 5.79. The van der Waals surface area contributed by atoms with Crippen molar-refractivity contribution in [1.82, 2.24) is 10.6 Å². The van der Waals surface area contributed by atoms with Gasteiger partial charge in [-0.25, -0.2) is 4.39 Å². The van der Waals surface area contributed by atoms with Gasteiger partial charge in [-0.1, -0.05) is 26.2 Å². The van der Waals surface area contributed by atoms with Crippen molar-refractivity contribution in [2.45, 2.75) is 52.6 Å². The van der Waals surface area contributed by atoms with E-state index in [1.807, 2.05) is 6.92 Å². The van der Waals surface area contributed by atoms with E-state index in [4.69, 9.17) is 9.47 Å². The number of hydrogen-bond acceptors (Lipinski definition) is 3. The van der Waals surface area contributed by atoms with Crippen molar-refractivity contribution in [2.24, 2.45) is 4.99 Å². The average molecular weight is 351 g/mol. The Morgan fingerprint density at radius 3 is 2.88 bits per heavy atom. The molecule has 5 nitrogen and oxygen atoms in total. The maximum Gasteiger partial charge on any atom is 0.191 e. The number of guanidine groups is 1. The Bertz CT molecular complexity index is 564. The molecule has 1 aliphatic rings. The van der Waals surface area contributed by atoms with Crippen LogP contribution < -0.4 is 15.4 Å². The number of halogens is 1. The molecule has 1 aliphatic heterocycles. The minimum absolute atomic E-state index is 0.223. The Kier molecular flexibility index (Phi) is 8.52. The summed E-state index contributed by atoms with van der Waals surface area (Å²) in [5.41, 5.74) is 1.64. The van der Waals surface area contributed by atoms with Gasteiger partial charge < -0.3 is 20.1 Å². The van der Waals surface area contributed by atoms with Crippen LogP contribution in [-0.2, 0) is 17.8 Å². The van der Waals surface area contributed by atoms with Crippen molar-refractivity contribution in [3.8, 4) is 5.75 Å². The van der Waals surface area contributed by atoms with Crippen LogP contribution >= 0.6 is 0 Å². The lowest BCUT2D eigenvalue weighted by Crippen LogP contribution is -2.38. The monoisotopic (exact) mass is 351 g/mol. The smallest absolute Gasteiger partial charge is 0.191 e. The standard InChI is InChI=1S/C19H30FN3O2/c1-3-5-6-7-9-22-19(21-4-2)23-10-8-15-11-17(20)12-16-13-24-14-25-18(15)16/h11-12H,3-10,13-14H2,1-2H3,(H2,21,22,23). The fourth-order valence-electron chi connectivity index (χ4n) is 2.83. The highest BCUT2D eigenvalue weighted by Crippen LogP contribution is 2.29. The largest absolute Gasteiger partial charge is 0.467 e. The molecule has 0 fully saturated rings. The van der Waals surface area contributed by atoms with Crippen molar-refractivity contribution < 1.29 is 13.9 Å². The molecule has 140 valence electrons. The first-order valence-electron chi connectivity index (χ1n) is 9.28. The van der Waals surface area contributed by atoms with Gasteiger partial charge in [0.15, 0.2) is 12.8 Å². The Balaban J connectivity index is 1.87. The van der Waals surface area contributed by atoms with Gasteiger partial charge >= 0.3 is 0 Å². The molecule has 0 saturated carbocycles. The predicted octanol–water partition coefficient (Wildman–Crippen LogP) is 3.37. The molecule has 0 aromatic heterocycles. The number of ether oxygens (including phenoxy) is 2. The number of aliphatic imine (C=N–C) groups is 1. The second-order valence-corrected chi connectivity index (χ2v) is 6.16. The van der Waals surface area contributed by atoms with Crippen molar-refractivity contribution in [1.29, 1.82) is 0 Å². The Morgan fingerprint density at radius 2 is 2.08 bits per heavy atom. The summed E-state index contributed by atoms with van der Waals surface area (Å²) in [4.78, 5) is 4.59. The lowest BCUT2D eigenvalue weighted by Gasteiger charge is -2.21. The molecule has 0 saturated heterocycles. The zero-order chi connectivity index (χ0) is 17.9. The van der Waals surface area contributed by atoms with E-state index in [9.17, 15) is 4.39 Å². The Hall–Kier alpha value is -1.82. The van der Waals surface area contributed by atoms with Gasteiger partial charge in [-0.3, -0.25) is 4.99 Å². The number of nitrogens with zero attached hydrogens (tertiary/aromatic N) is 1. The normalized spacial score (nSPS) is 14.0. The number of fused-ring (bicyclic) bond motifs is 1. The van der Waals surface area contributed by atoms with Crippen LogP contribution in [0.15, 0.2) is 17.1 Å². The van der Waals surface area contributed by atoms with Crippen LogP contribution in [0, 0.1) is 5.82 Å². The maximum atomic E-state index is 13.8. The molecule has 0 bridgehead atoms. The van der Waals surface area contributed by atoms with Gasteiger partial charge in [0.1, 0.15) is 11.6 Å². The van der Waals surface area contributed by atoms with Crippen LogP contribution in [0.3, 0.4) is 0 Å². The van der Waals surface area contributed by atoms with Crippen molar-refractivity contribution in [3.05, 3.63) is 29.1 Å². The molecule has 0 spiro atoms. The zero-order valence-corrected chi connectivity index (χ0v) is 15.4. The molecule has 1 aromatic rings. The number of hydrogen-bond donors (Lipinski definition) is 2. The van der Waals surface area contributed by atoms with E-state index < -0.39 is 0 Å². The Labute approximate surface area is 150 Å². The fourth-order valence-corrected chi connectivity index (χ4v) is 2.83. The summed E-state index contributed by atoms with van der Waals surface area (Å²) in [7, 11) is 0. The summed E-state index contributed by atoms with van der Waals surface area (Å²) in [5.74, 6) is 1.32. The molecule has 0 aliphatic carbocycles. The lowest BCUT2D eigenvalue weighted by atomic mass is 10.1. The van der Waals surface area contributed by atoms with Crippen LogP contribution in [0.1, 0.15) is 50.7 Å². The number of rotatable bonds is 9. The molecule has 25 heavy (non-hydrogen) atoms. The SMILES string of the molecule is CCCCCCN=C(NCC)NCCc1cc(F)cc2c1OCOC2. The first-order chi connectivity index (χ1) is 12.2. The second kappa shape index (κ2) is 10.9. The first kappa shape index (κ1) is 19.5. The van der Waals surface area contributed by atoms with Crippen molar-refractivity contribution >= 4 is 5.96 Å². The summed E-state index contributed by atoms with van der Waals surface area (Å²) in [5, 5.41) is 6.56. The summed E-state index contributed by atoms with van der Waals surface area (Å²) in [6.07, 6.45) is 5.48. The third kappa shape index (κ3) is 6.53. The van der Waals surface area contributed by atoms with Gasteiger partial charge in [0.25, 0.3) is 0 Å². The van der Waals surface area contributed by atoms with Gasteiger partial charge in [0.2, 0.25) is 0 Å². The minimum Gasteiger partial charge on any atom is -0.467 e. The quantitative estimate of drug-likeness (QED) is 0.407. The molecular weight excluding hydrogens is 321 g/mol. The van der Waals surface area contributed by atoms with Gasteiger partial charge in [0.05, 0.1) is 6.61 Å². The van der Waals surface area contributed by atoms with Crippen LogP contribution in [0.4, 0.5) is 4.39 Å². The van der Waals surface area contributed by atoms with Gasteiger partial charge in [-0.2, -0.15) is 0 Å². The van der Waals surface area contributed by atoms with E-state index in [1.165, 1.54) is 25.3 Å². The molecule has 6 heteroatoms. The molecule has 2 N–H and O–H groups in total. The second-order valence-electron chi connectivity index (χ2n) is 6.16. The van der Waals surface area contributed by atoms with Crippen molar-refractivity contribution in [3.63, 3.8) is 0 Å². The van der Waals surface area contributed by atoms with E-state index >= 15 is 0 Å². The van der Waals surface area contributed by atoms with Crippen LogP contribution in [-0.4, -0.2) is 32.4 Å². The number of nitrogens with one attached hydrogen (secondary N) is 2. The molecule has 0 radical (unpaired) electrons. The number of benzene rings is 1. The highest BCUT2D eigenvalue weighted by Gasteiger charge is 2.16. The zero-order valence-electron chi connectivity index (χ0n) is 15.4. The minimum atomic E-state index is -0.251. The fraction of sp³-hybridized carbons (Fsp3) is 0.632. The predicted molar refractivity (Wildman–Crippen MR) is 98.5 cm³/mol. The van der Waals surface area contributed by atoms with Crippen LogP contribution in [0.2, 0.25) is 0 Å². The summed E-state index contributed by atoms with van der Waals surface area (Å²) in [6, 6.07) is 3.02. The molecule has 1 aromatic carbocycles.